The molecule has 1 aliphatic rings. The van der Waals surface area contributed by atoms with E-state index in [9.17, 15) is 9.59 Å². The Morgan fingerprint density at radius 1 is 1.14 bits per heavy atom. The molecule has 1 heterocycles. The van der Waals surface area contributed by atoms with Crippen LogP contribution in [-0.4, -0.2) is 43.1 Å². The van der Waals surface area contributed by atoms with Crippen LogP contribution in [0.2, 0.25) is 0 Å². The number of hydrogen-bond donors (Lipinski definition) is 1. The average molecular weight is 460 g/mol. The minimum absolute atomic E-state index is 0.408. The van der Waals surface area contributed by atoms with Crippen molar-refractivity contribution >= 4 is 34.0 Å². The third-order valence-corrected chi connectivity index (χ3v) is 4.99. The largest absolute Gasteiger partial charge is 0.493 e. The number of carbonyl (C=O) groups is 2. The second-order valence-corrected chi connectivity index (χ2v) is 7.44. The molecular weight excluding hydrogens is 438 g/mol. The Hall–Kier alpha value is -2.87. The van der Waals surface area contributed by atoms with Crippen LogP contribution in [0.1, 0.15) is 24.0 Å². The Bertz CT molecular complexity index is 893. The maximum Gasteiger partial charge on any atom is 0.329 e. The smallest absolute Gasteiger partial charge is 0.329 e. The van der Waals surface area contributed by atoms with Crippen molar-refractivity contribution in [2.75, 3.05) is 20.2 Å². The van der Waals surface area contributed by atoms with Gasteiger partial charge in [-0.1, -0.05) is 28.1 Å². The van der Waals surface area contributed by atoms with Crippen molar-refractivity contribution in [3.63, 3.8) is 0 Å². The quantitative estimate of drug-likeness (QED) is 0.408. The molecule has 1 aliphatic heterocycles. The van der Waals surface area contributed by atoms with Crippen LogP contribution in [0.5, 0.6) is 11.5 Å². The predicted molar refractivity (Wildman–Crippen MR) is 113 cm³/mol. The second kappa shape index (κ2) is 10.1. The summed E-state index contributed by atoms with van der Waals surface area (Å²) in [6, 6.07) is 13.2. The summed E-state index contributed by atoms with van der Waals surface area (Å²) < 4.78 is 12.2. The summed E-state index contributed by atoms with van der Waals surface area (Å²) in [6.07, 6.45) is 3.31. The molecule has 0 bridgehead atoms. The fraction of sp³-hybridized carbons (Fsp3) is 0.286. The first-order chi connectivity index (χ1) is 14.1. The second-order valence-electron chi connectivity index (χ2n) is 6.52. The van der Waals surface area contributed by atoms with Crippen LogP contribution in [-0.2, 0) is 16.2 Å². The number of likely N-dealkylation sites (tertiary alicyclic amines) is 1. The number of benzene rings is 2. The number of nitrogens with one attached hydrogen (secondary N) is 1. The molecule has 0 saturated carbocycles. The zero-order valence-corrected chi connectivity index (χ0v) is 17.6. The topological polar surface area (TPSA) is 80.2 Å². The van der Waals surface area contributed by atoms with Crippen molar-refractivity contribution in [1.82, 2.24) is 10.3 Å². The van der Waals surface area contributed by atoms with Gasteiger partial charge in [0.15, 0.2) is 11.5 Å². The molecule has 29 heavy (non-hydrogen) atoms. The van der Waals surface area contributed by atoms with Gasteiger partial charge in [0.25, 0.3) is 0 Å². The SMILES string of the molecule is COc1cc(/C=N\NC(=O)C(=O)N2CCCC2)ccc1OCc1ccc(Br)cc1. The van der Waals surface area contributed by atoms with E-state index >= 15 is 0 Å². The predicted octanol–water partition coefficient (Wildman–Crippen LogP) is 3.11. The number of amides is 2. The van der Waals surface area contributed by atoms with Crippen molar-refractivity contribution < 1.29 is 19.1 Å². The van der Waals surface area contributed by atoms with Crippen LogP contribution in [0.15, 0.2) is 52.0 Å². The van der Waals surface area contributed by atoms with E-state index in [4.69, 9.17) is 9.47 Å². The maximum absolute atomic E-state index is 11.9. The molecule has 0 spiro atoms. The maximum atomic E-state index is 11.9. The highest BCUT2D eigenvalue weighted by molar-refractivity contribution is 9.10. The van der Waals surface area contributed by atoms with Gasteiger partial charge in [0, 0.05) is 17.6 Å². The third kappa shape index (κ3) is 5.80. The van der Waals surface area contributed by atoms with Gasteiger partial charge in [0.2, 0.25) is 0 Å². The summed E-state index contributed by atoms with van der Waals surface area (Å²) in [5, 5.41) is 3.87. The van der Waals surface area contributed by atoms with Crippen LogP contribution >= 0.6 is 15.9 Å². The molecule has 0 aliphatic carbocycles. The molecule has 0 aromatic heterocycles. The van der Waals surface area contributed by atoms with E-state index in [0.29, 0.717) is 36.8 Å². The van der Waals surface area contributed by atoms with Gasteiger partial charge < -0.3 is 14.4 Å². The van der Waals surface area contributed by atoms with Gasteiger partial charge in [0.05, 0.1) is 13.3 Å². The lowest BCUT2D eigenvalue weighted by Crippen LogP contribution is -2.39. The normalized spacial score (nSPS) is 13.5. The van der Waals surface area contributed by atoms with Gasteiger partial charge in [-0.2, -0.15) is 5.10 Å². The Kier molecular flexibility index (Phi) is 7.24. The number of hydrazone groups is 1. The van der Waals surface area contributed by atoms with E-state index in [1.165, 1.54) is 11.1 Å². The third-order valence-electron chi connectivity index (χ3n) is 4.46. The Labute approximate surface area is 177 Å². The number of ether oxygens (including phenoxy) is 2. The van der Waals surface area contributed by atoms with Gasteiger partial charge >= 0.3 is 11.8 Å². The Balaban J connectivity index is 1.57. The highest BCUT2D eigenvalue weighted by Crippen LogP contribution is 2.28. The number of methoxy groups -OCH3 is 1. The molecule has 1 fully saturated rings. The first-order valence-electron chi connectivity index (χ1n) is 9.24. The van der Waals surface area contributed by atoms with Crippen LogP contribution in [0.3, 0.4) is 0 Å². The molecule has 7 nitrogen and oxygen atoms in total. The standard InChI is InChI=1S/C21H22BrN3O4/c1-28-19-12-16(13-23-24-20(26)21(27)25-10-2-3-11-25)6-9-18(19)29-14-15-4-7-17(22)8-5-15/h4-9,12-13H,2-3,10-11,14H2,1H3,(H,24,26)/b23-13-. The van der Waals surface area contributed by atoms with E-state index < -0.39 is 11.8 Å². The summed E-state index contributed by atoms with van der Waals surface area (Å²) in [4.78, 5) is 25.3. The molecule has 8 heteroatoms. The lowest BCUT2D eigenvalue weighted by Gasteiger charge is -2.13. The molecular formula is C21H22BrN3O4. The Morgan fingerprint density at radius 3 is 2.55 bits per heavy atom. The molecule has 152 valence electrons. The Morgan fingerprint density at radius 2 is 1.86 bits per heavy atom. The van der Waals surface area contributed by atoms with E-state index in [-0.39, 0.29) is 0 Å². The van der Waals surface area contributed by atoms with Gasteiger partial charge in [-0.25, -0.2) is 5.43 Å². The molecule has 2 aromatic carbocycles. The highest BCUT2D eigenvalue weighted by atomic mass is 79.9. The van der Waals surface area contributed by atoms with Crippen LogP contribution in [0.4, 0.5) is 0 Å². The minimum Gasteiger partial charge on any atom is -0.493 e. The molecule has 0 atom stereocenters. The van der Waals surface area contributed by atoms with Gasteiger partial charge in [-0.3, -0.25) is 9.59 Å². The zero-order chi connectivity index (χ0) is 20.6. The monoisotopic (exact) mass is 459 g/mol. The van der Waals surface area contributed by atoms with Crippen LogP contribution in [0.25, 0.3) is 0 Å². The number of rotatable bonds is 6. The number of carbonyl (C=O) groups excluding carboxylic acids is 2. The lowest BCUT2D eigenvalue weighted by atomic mass is 10.2. The first kappa shape index (κ1) is 20.9. The van der Waals surface area contributed by atoms with Crippen molar-refractivity contribution in [2.45, 2.75) is 19.4 Å². The van der Waals surface area contributed by atoms with Gasteiger partial charge in [0.1, 0.15) is 6.61 Å². The molecule has 3 rings (SSSR count). The van der Waals surface area contributed by atoms with Crippen molar-refractivity contribution in [3.8, 4) is 11.5 Å². The summed E-state index contributed by atoms with van der Waals surface area (Å²) in [6.45, 7) is 1.65. The van der Waals surface area contributed by atoms with Crippen molar-refractivity contribution in [3.05, 3.63) is 58.1 Å². The first-order valence-corrected chi connectivity index (χ1v) is 10.0. The molecule has 0 unspecified atom stereocenters. The number of hydrogen-bond acceptors (Lipinski definition) is 5. The van der Waals surface area contributed by atoms with Gasteiger partial charge in [-0.15, -0.1) is 0 Å². The molecule has 2 aromatic rings. The summed E-state index contributed by atoms with van der Waals surface area (Å²) >= 11 is 3.41. The summed E-state index contributed by atoms with van der Waals surface area (Å²) in [7, 11) is 1.55. The van der Waals surface area contributed by atoms with E-state index in [0.717, 1.165) is 22.9 Å². The molecule has 1 N–H and O–H groups in total. The van der Waals surface area contributed by atoms with Crippen molar-refractivity contribution in [1.29, 1.82) is 0 Å². The lowest BCUT2D eigenvalue weighted by molar-refractivity contribution is -0.145. The molecule has 2 amide bonds. The number of nitrogens with zero attached hydrogens (tertiary/aromatic N) is 2. The van der Waals surface area contributed by atoms with E-state index in [1.807, 2.05) is 24.3 Å². The van der Waals surface area contributed by atoms with Crippen LogP contribution in [0, 0.1) is 0 Å². The van der Waals surface area contributed by atoms with E-state index in [2.05, 4.69) is 26.5 Å². The fourth-order valence-electron chi connectivity index (χ4n) is 2.90. The fourth-order valence-corrected chi connectivity index (χ4v) is 3.17. The number of halogens is 1. The van der Waals surface area contributed by atoms with E-state index in [1.54, 1.807) is 25.3 Å². The van der Waals surface area contributed by atoms with Gasteiger partial charge in [-0.05, 0) is 54.3 Å². The summed E-state index contributed by atoms with van der Waals surface area (Å²) in [5.74, 6) is -0.134. The minimum atomic E-state index is -0.732. The summed E-state index contributed by atoms with van der Waals surface area (Å²) in [5.41, 5.74) is 4.01. The average Bonchev–Trinajstić information content (AvgIpc) is 3.28. The molecule has 1 saturated heterocycles. The van der Waals surface area contributed by atoms with Crippen LogP contribution < -0.4 is 14.9 Å². The molecule has 0 radical (unpaired) electrons. The van der Waals surface area contributed by atoms with Crippen molar-refractivity contribution in [2.24, 2.45) is 5.10 Å². The zero-order valence-electron chi connectivity index (χ0n) is 16.1. The highest BCUT2D eigenvalue weighted by Gasteiger charge is 2.23.